The minimum Gasteiger partial charge on any atom is -0.486 e. The number of ether oxygens (including phenoxy) is 3. The number of amides is 1. The standard InChI is InChI=1S/C20H16F2N2O5/c21-14-8-13(9-15(22)10-14)20(26)29-12-19(25)24(5-1-4-23)16-2-3-17-18(11-16)28-7-6-27-17/h2-3,8-11H,1,5-7,12H2. The Morgan fingerprint density at radius 3 is 2.45 bits per heavy atom. The van der Waals surface area contributed by atoms with E-state index in [1.807, 2.05) is 6.07 Å². The molecule has 0 saturated heterocycles. The van der Waals surface area contributed by atoms with E-state index in [2.05, 4.69) is 0 Å². The Hall–Kier alpha value is -3.67. The van der Waals surface area contributed by atoms with E-state index >= 15 is 0 Å². The van der Waals surface area contributed by atoms with Gasteiger partial charge in [0, 0.05) is 24.4 Å². The van der Waals surface area contributed by atoms with Gasteiger partial charge in [-0.15, -0.1) is 0 Å². The van der Waals surface area contributed by atoms with E-state index in [4.69, 9.17) is 19.5 Å². The summed E-state index contributed by atoms with van der Waals surface area (Å²) < 4.78 is 42.3. The molecule has 3 rings (SSSR count). The fourth-order valence-corrected chi connectivity index (χ4v) is 2.72. The van der Waals surface area contributed by atoms with Crippen molar-refractivity contribution >= 4 is 17.6 Å². The summed E-state index contributed by atoms with van der Waals surface area (Å²) in [4.78, 5) is 25.9. The molecule has 9 heteroatoms. The van der Waals surface area contributed by atoms with E-state index in [0.29, 0.717) is 36.5 Å². The summed E-state index contributed by atoms with van der Waals surface area (Å²) in [5.41, 5.74) is 0.0838. The maximum Gasteiger partial charge on any atom is 0.338 e. The molecule has 0 radical (unpaired) electrons. The quantitative estimate of drug-likeness (QED) is 0.691. The molecule has 7 nitrogen and oxygen atoms in total. The lowest BCUT2D eigenvalue weighted by molar-refractivity contribution is -0.121. The molecule has 1 aliphatic rings. The Labute approximate surface area is 165 Å². The molecule has 0 spiro atoms. The Balaban J connectivity index is 1.72. The second-order valence-corrected chi connectivity index (χ2v) is 6.02. The molecular weight excluding hydrogens is 386 g/mol. The van der Waals surface area contributed by atoms with Crippen LogP contribution in [0.4, 0.5) is 14.5 Å². The van der Waals surface area contributed by atoms with E-state index < -0.39 is 30.1 Å². The molecule has 0 unspecified atom stereocenters. The molecule has 0 N–H and O–H groups in total. The van der Waals surface area contributed by atoms with Crippen molar-refractivity contribution in [2.24, 2.45) is 0 Å². The van der Waals surface area contributed by atoms with Gasteiger partial charge < -0.3 is 19.1 Å². The largest absolute Gasteiger partial charge is 0.486 e. The number of hydrogen-bond donors (Lipinski definition) is 0. The van der Waals surface area contributed by atoms with Crippen LogP contribution in [-0.4, -0.2) is 38.2 Å². The second-order valence-electron chi connectivity index (χ2n) is 6.02. The van der Waals surface area contributed by atoms with Gasteiger partial charge in [0.1, 0.15) is 24.8 Å². The summed E-state index contributed by atoms with van der Waals surface area (Å²) in [7, 11) is 0. The first-order valence-electron chi connectivity index (χ1n) is 8.68. The molecule has 0 aromatic heterocycles. The molecule has 1 amide bonds. The lowest BCUT2D eigenvalue weighted by atomic mass is 10.2. The van der Waals surface area contributed by atoms with Crippen LogP contribution in [0.3, 0.4) is 0 Å². The number of halogens is 2. The predicted molar refractivity (Wildman–Crippen MR) is 96.7 cm³/mol. The maximum absolute atomic E-state index is 13.2. The summed E-state index contributed by atoms with van der Waals surface area (Å²) in [6, 6.07) is 9.03. The topological polar surface area (TPSA) is 88.9 Å². The van der Waals surface area contributed by atoms with Crippen LogP contribution in [0.25, 0.3) is 0 Å². The number of fused-ring (bicyclic) bond motifs is 1. The van der Waals surface area contributed by atoms with Crippen LogP contribution < -0.4 is 14.4 Å². The van der Waals surface area contributed by atoms with Crippen molar-refractivity contribution in [3.8, 4) is 17.6 Å². The third kappa shape index (κ3) is 4.99. The third-order valence-electron chi connectivity index (χ3n) is 4.01. The zero-order valence-corrected chi connectivity index (χ0v) is 15.2. The lowest BCUT2D eigenvalue weighted by Gasteiger charge is -2.24. The van der Waals surface area contributed by atoms with Crippen molar-refractivity contribution in [1.82, 2.24) is 0 Å². The first-order chi connectivity index (χ1) is 14.0. The lowest BCUT2D eigenvalue weighted by Crippen LogP contribution is -2.35. The van der Waals surface area contributed by atoms with Gasteiger partial charge in [0.25, 0.3) is 5.91 Å². The van der Waals surface area contributed by atoms with Gasteiger partial charge in [0.05, 0.1) is 18.1 Å². The van der Waals surface area contributed by atoms with Crippen LogP contribution in [0.2, 0.25) is 0 Å². The van der Waals surface area contributed by atoms with Crippen molar-refractivity contribution in [3.05, 3.63) is 53.6 Å². The molecule has 150 valence electrons. The number of nitriles is 1. The van der Waals surface area contributed by atoms with E-state index in [1.165, 1.54) is 4.90 Å². The Morgan fingerprint density at radius 1 is 1.07 bits per heavy atom. The Morgan fingerprint density at radius 2 is 1.76 bits per heavy atom. The van der Waals surface area contributed by atoms with Crippen molar-refractivity contribution < 1.29 is 32.6 Å². The SMILES string of the molecule is N#CCCN(C(=O)COC(=O)c1cc(F)cc(F)c1)c1ccc2c(c1)OCCO2. The number of benzene rings is 2. The summed E-state index contributed by atoms with van der Waals surface area (Å²) in [6.07, 6.45) is 0.0449. The van der Waals surface area contributed by atoms with Gasteiger partial charge in [-0.25, -0.2) is 13.6 Å². The van der Waals surface area contributed by atoms with E-state index in [1.54, 1.807) is 18.2 Å². The highest BCUT2D eigenvalue weighted by Gasteiger charge is 2.21. The van der Waals surface area contributed by atoms with Crippen LogP contribution in [0.15, 0.2) is 36.4 Å². The van der Waals surface area contributed by atoms with E-state index in [0.717, 1.165) is 12.1 Å². The van der Waals surface area contributed by atoms with Crippen LogP contribution in [0.5, 0.6) is 11.5 Å². The molecule has 1 aliphatic heterocycles. The zero-order chi connectivity index (χ0) is 20.8. The number of carbonyl (C=O) groups is 2. The van der Waals surface area contributed by atoms with Crippen molar-refractivity contribution in [2.75, 3.05) is 31.3 Å². The fraction of sp³-hybridized carbons (Fsp3) is 0.250. The van der Waals surface area contributed by atoms with Crippen LogP contribution in [0.1, 0.15) is 16.8 Å². The summed E-state index contributed by atoms with van der Waals surface area (Å²) in [5.74, 6) is -2.53. The van der Waals surface area contributed by atoms with Crippen molar-refractivity contribution in [3.63, 3.8) is 0 Å². The Bertz CT molecular complexity index is 954. The van der Waals surface area contributed by atoms with Gasteiger partial charge in [0.15, 0.2) is 18.1 Å². The minimum absolute atomic E-state index is 0.0449. The zero-order valence-electron chi connectivity index (χ0n) is 15.2. The first-order valence-corrected chi connectivity index (χ1v) is 8.68. The second kappa shape index (κ2) is 9.01. The molecular formula is C20H16F2N2O5. The van der Waals surface area contributed by atoms with Crippen LogP contribution in [0, 0.1) is 23.0 Å². The van der Waals surface area contributed by atoms with Gasteiger partial charge in [-0.2, -0.15) is 5.26 Å². The number of carbonyl (C=O) groups excluding carboxylic acids is 2. The van der Waals surface area contributed by atoms with Gasteiger partial charge in [-0.3, -0.25) is 4.79 Å². The number of rotatable bonds is 6. The van der Waals surface area contributed by atoms with Gasteiger partial charge in [-0.1, -0.05) is 0 Å². The predicted octanol–water partition coefficient (Wildman–Crippen LogP) is 2.84. The molecule has 2 aromatic rings. The number of esters is 1. The molecule has 0 aliphatic carbocycles. The highest BCUT2D eigenvalue weighted by molar-refractivity contribution is 5.97. The molecule has 0 fully saturated rings. The Kier molecular flexibility index (Phi) is 6.24. The van der Waals surface area contributed by atoms with E-state index in [9.17, 15) is 18.4 Å². The van der Waals surface area contributed by atoms with Crippen LogP contribution in [-0.2, 0) is 9.53 Å². The van der Waals surface area contributed by atoms with Gasteiger partial charge in [0.2, 0.25) is 0 Å². The molecule has 2 aromatic carbocycles. The number of nitrogens with zero attached hydrogens (tertiary/aromatic N) is 2. The normalized spacial score (nSPS) is 12.0. The number of anilines is 1. The monoisotopic (exact) mass is 402 g/mol. The van der Waals surface area contributed by atoms with Crippen LogP contribution >= 0.6 is 0 Å². The molecule has 0 bridgehead atoms. The fourth-order valence-electron chi connectivity index (χ4n) is 2.72. The van der Waals surface area contributed by atoms with Gasteiger partial charge >= 0.3 is 5.97 Å². The molecule has 29 heavy (non-hydrogen) atoms. The summed E-state index contributed by atoms with van der Waals surface area (Å²) in [6.45, 7) is 0.169. The van der Waals surface area contributed by atoms with Gasteiger partial charge in [-0.05, 0) is 24.3 Å². The molecule has 1 heterocycles. The smallest absolute Gasteiger partial charge is 0.338 e. The summed E-state index contributed by atoms with van der Waals surface area (Å²) >= 11 is 0. The molecule has 0 saturated carbocycles. The van der Waals surface area contributed by atoms with E-state index in [-0.39, 0.29) is 18.5 Å². The molecule has 0 atom stereocenters. The van der Waals surface area contributed by atoms with Crippen molar-refractivity contribution in [1.29, 1.82) is 5.26 Å². The van der Waals surface area contributed by atoms with Crippen molar-refractivity contribution in [2.45, 2.75) is 6.42 Å². The first kappa shape index (κ1) is 20.1. The minimum atomic E-state index is -1.04. The third-order valence-corrected chi connectivity index (χ3v) is 4.01. The maximum atomic E-state index is 13.2. The highest BCUT2D eigenvalue weighted by Crippen LogP contribution is 2.34. The highest BCUT2D eigenvalue weighted by atomic mass is 19.1. The number of hydrogen-bond acceptors (Lipinski definition) is 6. The average molecular weight is 402 g/mol. The summed E-state index contributed by atoms with van der Waals surface area (Å²) in [5, 5.41) is 8.87. The average Bonchev–Trinajstić information content (AvgIpc) is 2.71.